The minimum atomic E-state index is -0.367. The number of hydrogen-bond donors (Lipinski definition) is 1. The molecule has 1 aliphatic heterocycles. The zero-order chi connectivity index (χ0) is 17.1. The van der Waals surface area contributed by atoms with Crippen molar-refractivity contribution in [2.24, 2.45) is 5.92 Å². The van der Waals surface area contributed by atoms with Crippen LogP contribution in [0.4, 0.5) is 0 Å². The third kappa shape index (κ3) is 3.27. The Morgan fingerprint density at radius 1 is 1.21 bits per heavy atom. The number of carbonyl (C=O) groups excluding carboxylic acids is 2. The van der Waals surface area contributed by atoms with E-state index in [4.69, 9.17) is 0 Å². The van der Waals surface area contributed by atoms with Crippen LogP contribution in [0.3, 0.4) is 0 Å². The minimum Gasteiger partial charge on any atom is -0.338 e. The summed E-state index contributed by atoms with van der Waals surface area (Å²) in [6, 6.07) is 6.78. The molecule has 3 heterocycles. The highest BCUT2D eigenvalue weighted by Gasteiger charge is 2.29. The van der Waals surface area contributed by atoms with E-state index in [1.807, 2.05) is 0 Å². The molecule has 0 saturated carbocycles. The van der Waals surface area contributed by atoms with E-state index < -0.39 is 0 Å². The lowest BCUT2D eigenvalue weighted by Crippen LogP contribution is -2.42. The highest BCUT2D eigenvalue weighted by Crippen LogP contribution is 2.22. The number of amides is 1. The number of aromatic nitrogens is 2. The van der Waals surface area contributed by atoms with Crippen LogP contribution >= 0.6 is 0 Å². The van der Waals surface area contributed by atoms with Crippen molar-refractivity contribution in [3.05, 3.63) is 63.8 Å². The summed E-state index contributed by atoms with van der Waals surface area (Å²) in [5.74, 6) is -0.304. The molecule has 1 amide bonds. The number of rotatable bonds is 3. The Balaban J connectivity index is 1.65. The van der Waals surface area contributed by atoms with E-state index in [0.29, 0.717) is 31.5 Å². The predicted octanol–water partition coefficient (Wildman–Crippen LogP) is 1.81. The fourth-order valence-corrected chi connectivity index (χ4v) is 3.00. The molecule has 1 N–H and O–H groups in total. The molecule has 1 aliphatic rings. The standard InChI is InChI=1S/C18H19N3O3/c1-12-4-5-15(17(23)20-12)18(24)21-9-6-13(7-10-21)16(22)14-3-2-8-19-11-14/h2-5,8,11,13H,6-7,9-10H2,1H3,(H,20,23). The number of ketones is 1. The number of aromatic amines is 1. The van der Waals surface area contributed by atoms with E-state index in [0.717, 1.165) is 5.69 Å². The van der Waals surface area contributed by atoms with Crippen LogP contribution in [-0.2, 0) is 0 Å². The molecule has 6 nitrogen and oxygen atoms in total. The van der Waals surface area contributed by atoms with Gasteiger partial charge in [0.1, 0.15) is 5.56 Å². The molecule has 0 unspecified atom stereocenters. The molecule has 0 aliphatic carbocycles. The quantitative estimate of drug-likeness (QED) is 0.873. The highest BCUT2D eigenvalue weighted by atomic mass is 16.2. The number of Topliss-reactive ketones (excluding diaryl/α,β-unsaturated/α-hetero) is 1. The molecule has 0 spiro atoms. The van der Waals surface area contributed by atoms with Crippen LogP contribution in [0.1, 0.15) is 39.3 Å². The first-order valence-corrected chi connectivity index (χ1v) is 7.99. The number of carbonyl (C=O) groups is 2. The van der Waals surface area contributed by atoms with Crippen LogP contribution in [0.25, 0.3) is 0 Å². The van der Waals surface area contributed by atoms with E-state index in [1.165, 1.54) is 0 Å². The summed E-state index contributed by atoms with van der Waals surface area (Å²) in [7, 11) is 0. The third-order valence-corrected chi connectivity index (χ3v) is 4.38. The van der Waals surface area contributed by atoms with Gasteiger partial charge < -0.3 is 9.88 Å². The lowest BCUT2D eigenvalue weighted by Gasteiger charge is -2.31. The fraction of sp³-hybridized carbons (Fsp3) is 0.333. The minimum absolute atomic E-state index is 0.0726. The summed E-state index contributed by atoms with van der Waals surface area (Å²) in [5.41, 5.74) is 1.11. The average molecular weight is 325 g/mol. The lowest BCUT2D eigenvalue weighted by molar-refractivity contribution is 0.0648. The smallest absolute Gasteiger partial charge is 0.260 e. The topological polar surface area (TPSA) is 83.1 Å². The van der Waals surface area contributed by atoms with Crippen molar-refractivity contribution in [2.75, 3.05) is 13.1 Å². The molecule has 0 atom stereocenters. The Kier molecular flexibility index (Phi) is 4.55. The molecule has 1 saturated heterocycles. The predicted molar refractivity (Wildman–Crippen MR) is 89.0 cm³/mol. The van der Waals surface area contributed by atoms with Crippen molar-refractivity contribution in [2.45, 2.75) is 19.8 Å². The van der Waals surface area contributed by atoms with Gasteiger partial charge in [-0.1, -0.05) is 0 Å². The van der Waals surface area contributed by atoms with Gasteiger partial charge in [-0.15, -0.1) is 0 Å². The summed E-state index contributed by atoms with van der Waals surface area (Å²) >= 11 is 0. The Bertz CT molecular complexity index is 806. The first-order valence-electron chi connectivity index (χ1n) is 7.99. The van der Waals surface area contributed by atoms with Gasteiger partial charge in [-0.25, -0.2) is 0 Å². The van der Waals surface area contributed by atoms with Crippen LogP contribution in [0.5, 0.6) is 0 Å². The highest BCUT2D eigenvalue weighted by molar-refractivity contribution is 5.98. The molecular weight excluding hydrogens is 306 g/mol. The maximum Gasteiger partial charge on any atom is 0.260 e. The first kappa shape index (κ1) is 16.1. The van der Waals surface area contributed by atoms with Gasteiger partial charge in [0.2, 0.25) is 0 Å². The van der Waals surface area contributed by atoms with Crippen molar-refractivity contribution in [3.63, 3.8) is 0 Å². The Morgan fingerprint density at radius 2 is 1.96 bits per heavy atom. The van der Waals surface area contributed by atoms with E-state index >= 15 is 0 Å². The number of nitrogens with one attached hydrogen (secondary N) is 1. The number of pyridine rings is 2. The third-order valence-electron chi connectivity index (χ3n) is 4.38. The first-order chi connectivity index (χ1) is 11.6. The van der Waals surface area contributed by atoms with Crippen LogP contribution in [0.2, 0.25) is 0 Å². The Morgan fingerprint density at radius 3 is 2.58 bits per heavy atom. The molecular formula is C18H19N3O3. The van der Waals surface area contributed by atoms with Gasteiger partial charge in [-0.2, -0.15) is 0 Å². The van der Waals surface area contributed by atoms with Gasteiger partial charge in [0.25, 0.3) is 11.5 Å². The molecule has 0 radical (unpaired) electrons. The van der Waals surface area contributed by atoms with Gasteiger partial charge >= 0.3 is 0 Å². The molecule has 1 fully saturated rings. The van der Waals surface area contributed by atoms with Gasteiger partial charge in [-0.3, -0.25) is 19.4 Å². The zero-order valence-corrected chi connectivity index (χ0v) is 13.5. The summed E-state index contributed by atoms with van der Waals surface area (Å²) in [6.07, 6.45) is 4.41. The largest absolute Gasteiger partial charge is 0.338 e. The van der Waals surface area contributed by atoms with Crippen LogP contribution in [0, 0.1) is 12.8 Å². The number of aryl methyl sites for hydroxylation is 1. The Hall–Kier alpha value is -2.76. The summed E-state index contributed by atoms with van der Waals surface area (Å²) in [4.78, 5) is 45.1. The van der Waals surface area contributed by atoms with Crippen LogP contribution < -0.4 is 5.56 Å². The monoisotopic (exact) mass is 325 g/mol. The number of nitrogens with zero attached hydrogens (tertiary/aromatic N) is 2. The number of likely N-dealkylation sites (tertiary alicyclic amines) is 1. The van der Waals surface area contributed by atoms with E-state index in [2.05, 4.69) is 9.97 Å². The van der Waals surface area contributed by atoms with Crippen molar-refractivity contribution < 1.29 is 9.59 Å². The SMILES string of the molecule is Cc1ccc(C(=O)N2CCC(C(=O)c3cccnc3)CC2)c(=O)[nH]1. The van der Waals surface area contributed by atoms with Gasteiger partial charge in [0.05, 0.1) is 0 Å². The Labute approximate surface area is 139 Å². The molecule has 2 aromatic rings. The molecule has 6 heteroatoms. The van der Waals surface area contributed by atoms with E-state index in [1.54, 1.807) is 48.5 Å². The maximum atomic E-state index is 12.5. The fourth-order valence-electron chi connectivity index (χ4n) is 3.00. The second kappa shape index (κ2) is 6.78. The van der Waals surface area contributed by atoms with Crippen LogP contribution in [0.15, 0.2) is 41.5 Å². The number of hydrogen-bond acceptors (Lipinski definition) is 4. The van der Waals surface area contributed by atoms with Gasteiger partial charge in [0.15, 0.2) is 5.78 Å². The van der Waals surface area contributed by atoms with E-state index in [-0.39, 0.29) is 28.7 Å². The van der Waals surface area contributed by atoms with E-state index in [9.17, 15) is 14.4 Å². The second-order valence-electron chi connectivity index (χ2n) is 6.06. The van der Waals surface area contributed by atoms with Crippen LogP contribution in [-0.4, -0.2) is 39.6 Å². The molecule has 24 heavy (non-hydrogen) atoms. The average Bonchev–Trinajstić information content (AvgIpc) is 2.61. The van der Waals surface area contributed by atoms with Crippen molar-refractivity contribution >= 4 is 11.7 Å². The summed E-state index contributed by atoms with van der Waals surface area (Å²) in [6.45, 7) is 2.72. The number of H-pyrrole nitrogens is 1. The zero-order valence-electron chi connectivity index (χ0n) is 13.5. The molecule has 124 valence electrons. The van der Waals surface area contributed by atoms with Crippen molar-refractivity contribution in [1.29, 1.82) is 0 Å². The number of piperidine rings is 1. The molecule has 2 aromatic heterocycles. The van der Waals surface area contributed by atoms with Gasteiger partial charge in [0, 0.05) is 42.7 Å². The molecule has 0 bridgehead atoms. The lowest BCUT2D eigenvalue weighted by atomic mass is 9.89. The summed E-state index contributed by atoms with van der Waals surface area (Å²) < 4.78 is 0. The van der Waals surface area contributed by atoms with Gasteiger partial charge in [-0.05, 0) is 44.0 Å². The molecule has 3 rings (SSSR count). The summed E-state index contributed by atoms with van der Waals surface area (Å²) in [5, 5.41) is 0. The molecule has 0 aromatic carbocycles. The second-order valence-corrected chi connectivity index (χ2v) is 6.06. The maximum absolute atomic E-state index is 12.5. The van der Waals surface area contributed by atoms with Crippen molar-refractivity contribution in [3.8, 4) is 0 Å². The van der Waals surface area contributed by atoms with Crippen molar-refractivity contribution in [1.82, 2.24) is 14.9 Å². The normalized spacial score (nSPS) is 15.3.